The average Bonchev–Trinajstić information content (AvgIpc) is 2.70. The second kappa shape index (κ2) is 4.90. The molecule has 1 aromatic heterocycles. The molecule has 0 aromatic carbocycles. The maximum absolute atomic E-state index is 10.7. The molecule has 0 amide bonds. The molecule has 2 heterocycles. The number of rotatable bonds is 3. The lowest BCUT2D eigenvalue weighted by molar-refractivity contribution is 0.0702. The van der Waals surface area contributed by atoms with Gasteiger partial charge >= 0.3 is 5.97 Å². The van der Waals surface area contributed by atoms with Gasteiger partial charge in [0.15, 0.2) is 0 Å². The van der Waals surface area contributed by atoms with Gasteiger partial charge in [0.2, 0.25) is 0 Å². The summed E-state index contributed by atoms with van der Waals surface area (Å²) >= 11 is 1.27. The first kappa shape index (κ1) is 11.5. The van der Waals surface area contributed by atoms with Gasteiger partial charge < -0.3 is 10.0 Å². The summed E-state index contributed by atoms with van der Waals surface area (Å²) in [6.07, 6.45) is 1.44. The first-order valence-electron chi connectivity index (χ1n) is 5.24. The molecule has 5 nitrogen and oxygen atoms in total. The second-order valence-electron chi connectivity index (χ2n) is 4.00. The minimum absolute atomic E-state index is 0.323. The Labute approximate surface area is 98.3 Å². The van der Waals surface area contributed by atoms with Gasteiger partial charge in [0.1, 0.15) is 9.88 Å². The average molecular weight is 241 g/mol. The number of likely N-dealkylation sites (N-methyl/N-ethyl adjacent to an activating group) is 1. The standard InChI is InChI=1S/C10H15N3O2S/c1-12-2-4-13(5-3-12)7-9-11-6-8(16-9)10(14)15/h6H,2-5,7H2,1H3,(H,14,15). The molecule has 1 aromatic rings. The molecule has 88 valence electrons. The maximum atomic E-state index is 10.7. The van der Waals surface area contributed by atoms with Crippen LogP contribution in [-0.2, 0) is 6.54 Å². The van der Waals surface area contributed by atoms with Gasteiger partial charge in [-0.1, -0.05) is 0 Å². The van der Waals surface area contributed by atoms with Gasteiger partial charge in [-0.3, -0.25) is 4.90 Å². The Bertz CT molecular complexity index is 372. The van der Waals surface area contributed by atoms with E-state index in [0.717, 1.165) is 37.7 Å². The van der Waals surface area contributed by atoms with Gasteiger partial charge in [-0.25, -0.2) is 9.78 Å². The lowest BCUT2D eigenvalue weighted by Crippen LogP contribution is -2.43. The van der Waals surface area contributed by atoms with Crippen molar-refractivity contribution >= 4 is 17.3 Å². The molecule has 2 rings (SSSR count). The quantitative estimate of drug-likeness (QED) is 0.839. The fraction of sp³-hybridized carbons (Fsp3) is 0.600. The summed E-state index contributed by atoms with van der Waals surface area (Å²) in [5.74, 6) is -0.887. The molecule has 1 aliphatic heterocycles. The largest absolute Gasteiger partial charge is 0.477 e. The van der Waals surface area contributed by atoms with Crippen molar-refractivity contribution in [3.8, 4) is 0 Å². The Kier molecular flexibility index (Phi) is 3.52. The number of thiazole rings is 1. The van der Waals surface area contributed by atoms with Crippen LogP contribution in [0.1, 0.15) is 14.7 Å². The summed E-state index contributed by atoms with van der Waals surface area (Å²) in [6.45, 7) is 4.96. The van der Waals surface area contributed by atoms with Gasteiger partial charge in [-0.05, 0) is 7.05 Å². The summed E-state index contributed by atoms with van der Waals surface area (Å²) in [7, 11) is 2.11. The predicted octanol–water partition coefficient (Wildman–Crippen LogP) is 0.589. The monoisotopic (exact) mass is 241 g/mol. The summed E-state index contributed by atoms with van der Waals surface area (Å²) in [5, 5.41) is 9.68. The third kappa shape index (κ3) is 2.78. The molecule has 0 unspecified atom stereocenters. The van der Waals surface area contributed by atoms with Crippen LogP contribution in [-0.4, -0.2) is 59.1 Å². The van der Waals surface area contributed by atoms with Gasteiger partial charge in [-0.15, -0.1) is 11.3 Å². The molecule has 16 heavy (non-hydrogen) atoms. The van der Waals surface area contributed by atoms with E-state index in [1.807, 2.05) is 0 Å². The van der Waals surface area contributed by atoms with Crippen LogP contribution < -0.4 is 0 Å². The van der Waals surface area contributed by atoms with Crippen molar-refractivity contribution in [2.75, 3.05) is 33.2 Å². The Morgan fingerprint density at radius 3 is 2.75 bits per heavy atom. The number of aromatic carboxylic acids is 1. The molecular formula is C10H15N3O2S. The van der Waals surface area contributed by atoms with E-state index >= 15 is 0 Å². The van der Waals surface area contributed by atoms with Crippen molar-refractivity contribution in [2.45, 2.75) is 6.54 Å². The van der Waals surface area contributed by atoms with E-state index in [2.05, 4.69) is 21.8 Å². The van der Waals surface area contributed by atoms with Crippen molar-refractivity contribution < 1.29 is 9.90 Å². The van der Waals surface area contributed by atoms with Crippen molar-refractivity contribution in [1.82, 2.24) is 14.8 Å². The van der Waals surface area contributed by atoms with Gasteiger partial charge in [0, 0.05) is 26.2 Å². The highest BCUT2D eigenvalue weighted by atomic mass is 32.1. The van der Waals surface area contributed by atoms with E-state index < -0.39 is 5.97 Å². The molecule has 6 heteroatoms. The number of carbonyl (C=O) groups is 1. The molecule has 0 aliphatic carbocycles. The lowest BCUT2D eigenvalue weighted by atomic mass is 10.3. The first-order chi connectivity index (χ1) is 7.65. The van der Waals surface area contributed by atoms with Crippen LogP contribution in [0, 0.1) is 0 Å². The van der Waals surface area contributed by atoms with E-state index in [0.29, 0.717) is 4.88 Å². The minimum Gasteiger partial charge on any atom is -0.477 e. The molecular weight excluding hydrogens is 226 g/mol. The Morgan fingerprint density at radius 1 is 1.50 bits per heavy atom. The van der Waals surface area contributed by atoms with Crippen molar-refractivity contribution in [2.24, 2.45) is 0 Å². The van der Waals surface area contributed by atoms with Gasteiger partial charge in [-0.2, -0.15) is 0 Å². The minimum atomic E-state index is -0.887. The number of nitrogens with zero attached hydrogens (tertiary/aromatic N) is 3. The highest BCUT2D eigenvalue weighted by molar-refractivity contribution is 7.13. The second-order valence-corrected chi connectivity index (χ2v) is 5.12. The highest BCUT2D eigenvalue weighted by Gasteiger charge is 2.16. The zero-order valence-corrected chi connectivity index (χ0v) is 10.0. The van der Waals surface area contributed by atoms with E-state index in [1.54, 1.807) is 0 Å². The van der Waals surface area contributed by atoms with Gasteiger partial charge in [0.05, 0.1) is 12.7 Å². The zero-order valence-electron chi connectivity index (χ0n) is 9.22. The fourth-order valence-corrected chi connectivity index (χ4v) is 2.48. The maximum Gasteiger partial charge on any atom is 0.347 e. The van der Waals surface area contributed by atoms with E-state index in [-0.39, 0.29) is 0 Å². The lowest BCUT2D eigenvalue weighted by Gasteiger charge is -2.31. The molecule has 0 radical (unpaired) electrons. The van der Waals surface area contributed by atoms with Crippen LogP contribution in [0.4, 0.5) is 0 Å². The number of piperazine rings is 1. The van der Waals surface area contributed by atoms with Gasteiger partial charge in [0.25, 0.3) is 0 Å². The number of carboxylic acid groups (broad SMARTS) is 1. The van der Waals surface area contributed by atoms with E-state index in [9.17, 15) is 4.79 Å². The predicted molar refractivity (Wildman–Crippen MR) is 61.8 cm³/mol. The zero-order chi connectivity index (χ0) is 11.5. The van der Waals surface area contributed by atoms with Crippen LogP contribution in [0.2, 0.25) is 0 Å². The first-order valence-corrected chi connectivity index (χ1v) is 6.05. The van der Waals surface area contributed by atoms with Crippen molar-refractivity contribution in [1.29, 1.82) is 0 Å². The van der Waals surface area contributed by atoms with Crippen molar-refractivity contribution in [3.05, 3.63) is 16.1 Å². The van der Waals surface area contributed by atoms with Crippen LogP contribution in [0.3, 0.4) is 0 Å². The van der Waals surface area contributed by atoms with E-state index in [4.69, 9.17) is 5.11 Å². The number of hydrogen-bond acceptors (Lipinski definition) is 5. The summed E-state index contributed by atoms with van der Waals surface area (Å²) in [5.41, 5.74) is 0. The number of carboxylic acids is 1. The molecule has 0 saturated carbocycles. The van der Waals surface area contributed by atoms with Crippen molar-refractivity contribution in [3.63, 3.8) is 0 Å². The number of aromatic nitrogens is 1. The summed E-state index contributed by atoms with van der Waals surface area (Å²) in [4.78, 5) is 19.8. The van der Waals surface area contributed by atoms with Crippen LogP contribution in [0.5, 0.6) is 0 Å². The Balaban J connectivity index is 1.91. The third-order valence-electron chi connectivity index (χ3n) is 2.72. The van der Waals surface area contributed by atoms with Crippen LogP contribution >= 0.6 is 11.3 Å². The summed E-state index contributed by atoms with van der Waals surface area (Å²) < 4.78 is 0. The highest BCUT2D eigenvalue weighted by Crippen LogP contribution is 2.15. The SMILES string of the molecule is CN1CCN(Cc2ncc(C(=O)O)s2)CC1. The molecule has 1 fully saturated rings. The van der Waals surface area contributed by atoms with E-state index in [1.165, 1.54) is 17.5 Å². The topological polar surface area (TPSA) is 56.7 Å². The smallest absolute Gasteiger partial charge is 0.347 e. The van der Waals surface area contributed by atoms with Crippen LogP contribution in [0.15, 0.2) is 6.20 Å². The van der Waals surface area contributed by atoms with Crippen LogP contribution in [0.25, 0.3) is 0 Å². The Hall–Kier alpha value is -0.980. The summed E-state index contributed by atoms with van der Waals surface area (Å²) in [6, 6.07) is 0. The molecule has 1 aliphatic rings. The number of hydrogen-bond donors (Lipinski definition) is 1. The molecule has 1 N–H and O–H groups in total. The molecule has 0 atom stereocenters. The third-order valence-corrected chi connectivity index (χ3v) is 3.69. The normalized spacial score (nSPS) is 18.8. The fourth-order valence-electron chi connectivity index (χ4n) is 1.68. The molecule has 0 bridgehead atoms. The molecule has 1 saturated heterocycles. The molecule has 0 spiro atoms. The Morgan fingerprint density at radius 2 is 2.19 bits per heavy atom.